The Morgan fingerprint density at radius 1 is 1.11 bits per heavy atom. The summed E-state index contributed by atoms with van der Waals surface area (Å²) in [6, 6.07) is -0.760. The average Bonchev–Trinajstić information content (AvgIpc) is 2.26. The highest BCUT2D eigenvalue weighted by atomic mass is 16.4. The molecule has 7 nitrogen and oxygen atoms in total. The van der Waals surface area contributed by atoms with Gasteiger partial charge in [0.15, 0.2) is 0 Å². The summed E-state index contributed by atoms with van der Waals surface area (Å²) in [4.78, 5) is 32.8. The molecule has 0 saturated carbocycles. The Labute approximate surface area is 112 Å². The highest BCUT2D eigenvalue weighted by Crippen LogP contribution is 2.02. The summed E-state index contributed by atoms with van der Waals surface area (Å²) < 4.78 is 0. The molecule has 1 atom stereocenters. The van der Waals surface area contributed by atoms with E-state index in [0.29, 0.717) is 6.54 Å². The van der Waals surface area contributed by atoms with Gasteiger partial charge >= 0.3 is 11.9 Å². The maximum absolute atomic E-state index is 11.5. The van der Waals surface area contributed by atoms with Gasteiger partial charge in [-0.1, -0.05) is 13.8 Å². The smallest absolute Gasteiger partial charge is 0.326 e. The van der Waals surface area contributed by atoms with Crippen molar-refractivity contribution in [3.63, 3.8) is 0 Å². The fraction of sp³-hybridized carbons (Fsp3) is 0.750. The summed E-state index contributed by atoms with van der Waals surface area (Å²) in [5.41, 5.74) is 0. The van der Waals surface area contributed by atoms with Crippen LogP contribution in [0.2, 0.25) is 0 Å². The van der Waals surface area contributed by atoms with Crippen LogP contribution in [0.5, 0.6) is 0 Å². The Hall–Kier alpha value is -1.63. The van der Waals surface area contributed by atoms with Crippen molar-refractivity contribution in [2.45, 2.75) is 51.6 Å². The number of carbonyl (C=O) groups excluding carboxylic acids is 1. The van der Waals surface area contributed by atoms with Gasteiger partial charge < -0.3 is 20.8 Å². The second-order valence-corrected chi connectivity index (χ2v) is 4.60. The number of hydrogen-bond donors (Lipinski definition) is 4. The molecule has 0 aliphatic heterocycles. The van der Waals surface area contributed by atoms with Crippen LogP contribution in [0.25, 0.3) is 0 Å². The fourth-order valence-corrected chi connectivity index (χ4v) is 1.46. The zero-order chi connectivity index (χ0) is 14.8. The molecule has 0 fully saturated rings. The minimum absolute atomic E-state index is 0.103. The molecule has 0 spiro atoms. The molecule has 0 unspecified atom stereocenters. The van der Waals surface area contributed by atoms with Gasteiger partial charge in [0.1, 0.15) is 6.04 Å². The molecule has 19 heavy (non-hydrogen) atoms. The number of aliphatic carboxylic acids is 2. The maximum Gasteiger partial charge on any atom is 0.326 e. The van der Waals surface area contributed by atoms with E-state index in [0.717, 1.165) is 0 Å². The van der Waals surface area contributed by atoms with E-state index in [9.17, 15) is 14.4 Å². The summed E-state index contributed by atoms with van der Waals surface area (Å²) in [6.45, 7) is 4.37. The fourth-order valence-electron chi connectivity index (χ4n) is 1.46. The van der Waals surface area contributed by atoms with Gasteiger partial charge in [-0.05, 0) is 12.8 Å². The topological polar surface area (TPSA) is 116 Å². The molecule has 0 saturated heterocycles. The molecule has 0 aliphatic rings. The van der Waals surface area contributed by atoms with Crippen LogP contribution in [-0.2, 0) is 14.4 Å². The molecule has 1 amide bonds. The monoisotopic (exact) mass is 274 g/mol. The van der Waals surface area contributed by atoms with E-state index >= 15 is 0 Å². The third kappa shape index (κ3) is 10.0. The molecular weight excluding hydrogens is 252 g/mol. The first-order valence-corrected chi connectivity index (χ1v) is 6.30. The third-order valence-electron chi connectivity index (χ3n) is 2.42. The lowest BCUT2D eigenvalue weighted by Crippen LogP contribution is -2.42. The largest absolute Gasteiger partial charge is 0.481 e. The molecule has 0 aromatic heterocycles. The summed E-state index contributed by atoms with van der Waals surface area (Å²) in [6.07, 6.45) is 0.428. The number of carboxylic acid groups (broad SMARTS) is 2. The number of hydrogen-bond acceptors (Lipinski definition) is 4. The Kier molecular flexibility index (Phi) is 8.52. The molecule has 0 heterocycles. The Morgan fingerprint density at radius 3 is 2.21 bits per heavy atom. The van der Waals surface area contributed by atoms with Crippen LogP contribution in [0.1, 0.15) is 39.5 Å². The van der Waals surface area contributed by atoms with Crippen LogP contribution in [0.3, 0.4) is 0 Å². The highest BCUT2D eigenvalue weighted by molar-refractivity contribution is 5.83. The third-order valence-corrected chi connectivity index (χ3v) is 2.42. The van der Waals surface area contributed by atoms with Gasteiger partial charge in [0.05, 0.1) is 0 Å². The predicted molar refractivity (Wildman–Crippen MR) is 68.8 cm³/mol. The second-order valence-electron chi connectivity index (χ2n) is 4.60. The summed E-state index contributed by atoms with van der Waals surface area (Å²) in [5.74, 6) is -2.47. The van der Waals surface area contributed by atoms with Gasteiger partial charge in [-0.15, -0.1) is 0 Å². The van der Waals surface area contributed by atoms with Crippen LogP contribution in [0.15, 0.2) is 0 Å². The van der Waals surface area contributed by atoms with E-state index in [1.807, 2.05) is 13.8 Å². The number of rotatable bonds is 10. The lowest BCUT2D eigenvalue weighted by Gasteiger charge is -2.14. The van der Waals surface area contributed by atoms with Crippen LogP contribution < -0.4 is 10.6 Å². The van der Waals surface area contributed by atoms with Crippen molar-refractivity contribution in [3.8, 4) is 0 Å². The Morgan fingerprint density at radius 2 is 1.74 bits per heavy atom. The number of nitrogens with one attached hydrogen (secondary N) is 2. The molecule has 0 radical (unpaired) electrons. The average molecular weight is 274 g/mol. The molecule has 0 aromatic rings. The number of carboxylic acids is 2. The SMILES string of the molecule is CC(C)NCCC(=O)N[C@H](CCCC(=O)O)C(=O)O. The number of amides is 1. The van der Waals surface area contributed by atoms with E-state index in [-0.39, 0.29) is 37.6 Å². The van der Waals surface area contributed by atoms with Crippen molar-refractivity contribution >= 4 is 17.8 Å². The molecule has 110 valence electrons. The first kappa shape index (κ1) is 17.4. The molecule has 0 aromatic carbocycles. The van der Waals surface area contributed by atoms with E-state index in [2.05, 4.69) is 10.6 Å². The Balaban J connectivity index is 4.01. The van der Waals surface area contributed by atoms with Gasteiger partial charge in [0, 0.05) is 25.4 Å². The van der Waals surface area contributed by atoms with E-state index in [1.165, 1.54) is 0 Å². The molecule has 0 bridgehead atoms. The van der Waals surface area contributed by atoms with E-state index < -0.39 is 18.0 Å². The Bertz CT molecular complexity index is 317. The van der Waals surface area contributed by atoms with E-state index in [1.54, 1.807) is 0 Å². The predicted octanol–water partition coefficient (Wildman–Crippen LogP) is 0.199. The molecule has 0 aliphatic carbocycles. The lowest BCUT2D eigenvalue weighted by molar-refractivity contribution is -0.142. The van der Waals surface area contributed by atoms with E-state index in [4.69, 9.17) is 10.2 Å². The van der Waals surface area contributed by atoms with Gasteiger partial charge in [-0.2, -0.15) is 0 Å². The van der Waals surface area contributed by atoms with Gasteiger partial charge in [-0.3, -0.25) is 9.59 Å². The second kappa shape index (κ2) is 9.32. The highest BCUT2D eigenvalue weighted by Gasteiger charge is 2.19. The summed E-state index contributed by atoms with van der Waals surface area (Å²) in [7, 11) is 0. The van der Waals surface area contributed by atoms with Crippen LogP contribution in [0, 0.1) is 0 Å². The van der Waals surface area contributed by atoms with Gasteiger partial charge in [0.2, 0.25) is 5.91 Å². The number of carbonyl (C=O) groups is 3. The standard InChI is InChI=1S/C12H22N2O5/c1-8(2)13-7-6-10(15)14-9(12(18)19)4-3-5-11(16)17/h8-9,13H,3-7H2,1-2H3,(H,14,15)(H,16,17)(H,18,19)/t9-/m1/s1. The van der Waals surface area contributed by atoms with Crippen molar-refractivity contribution < 1.29 is 24.6 Å². The summed E-state index contributed by atoms with van der Waals surface area (Å²) >= 11 is 0. The van der Waals surface area contributed by atoms with Crippen molar-refractivity contribution in [3.05, 3.63) is 0 Å². The lowest BCUT2D eigenvalue weighted by atomic mass is 10.1. The molecule has 4 N–H and O–H groups in total. The molecule has 0 rings (SSSR count). The first-order chi connectivity index (χ1) is 8.82. The van der Waals surface area contributed by atoms with Crippen molar-refractivity contribution in [1.82, 2.24) is 10.6 Å². The first-order valence-electron chi connectivity index (χ1n) is 6.30. The molecular formula is C12H22N2O5. The maximum atomic E-state index is 11.5. The summed E-state index contributed by atoms with van der Waals surface area (Å²) in [5, 5.41) is 22.8. The van der Waals surface area contributed by atoms with Crippen LogP contribution in [0.4, 0.5) is 0 Å². The minimum Gasteiger partial charge on any atom is -0.481 e. The van der Waals surface area contributed by atoms with Crippen molar-refractivity contribution in [1.29, 1.82) is 0 Å². The minimum atomic E-state index is -1.14. The zero-order valence-electron chi connectivity index (χ0n) is 11.3. The van der Waals surface area contributed by atoms with Gasteiger partial charge in [0.25, 0.3) is 0 Å². The molecule has 7 heteroatoms. The van der Waals surface area contributed by atoms with Crippen molar-refractivity contribution in [2.75, 3.05) is 6.54 Å². The van der Waals surface area contributed by atoms with Crippen LogP contribution >= 0.6 is 0 Å². The van der Waals surface area contributed by atoms with Crippen LogP contribution in [-0.4, -0.2) is 46.7 Å². The zero-order valence-corrected chi connectivity index (χ0v) is 11.3. The normalized spacial score (nSPS) is 12.2. The van der Waals surface area contributed by atoms with Crippen molar-refractivity contribution in [2.24, 2.45) is 0 Å². The van der Waals surface area contributed by atoms with Gasteiger partial charge in [-0.25, -0.2) is 4.79 Å². The quantitative estimate of drug-likeness (QED) is 0.452.